The van der Waals surface area contributed by atoms with Crippen LogP contribution in [0.3, 0.4) is 0 Å². The van der Waals surface area contributed by atoms with Crippen molar-refractivity contribution in [2.45, 2.75) is 24.9 Å². The second-order valence-electron chi connectivity index (χ2n) is 4.27. The minimum Gasteiger partial charge on any atom is -0.483 e. The van der Waals surface area contributed by atoms with Crippen LogP contribution >= 0.6 is 0 Å². The summed E-state index contributed by atoms with van der Waals surface area (Å²) < 4.78 is 10.5. The largest absolute Gasteiger partial charge is 0.483 e. The second kappa shape index (κ2) is 5.27. The Morgan fingerprint density at radius 2 is 2.12 bits per heavy atom. The van der Waals surface area contributed by atoms with E-state index < -0.39 is 0 Å². The normalized spacial score (nSPS) is 29.4. The third-order valence-electron chi connectivity index (χ3n) is 3.24. The van der Waals surface area contributed by atoms with Gasteiger partial charge in [0.1, 0.15) is 0 Å². The zero-order valence-electron chi connectivity index (χ0n) is 10.3. The average Bonchev–Trinajstić information content (AvgIpc) is 2.58. The first-order chi connectivity index (χ1) is 8.26. The molecule has 17 heavy (non-hydrogen) atoms. The molecule has 2 bridgehead atoms. The van der Waals surface area contributed by atoms with E-state index in [2.05, 4.69) is 15.4 Å². The van der Waals surface area contributed by atoms with Gasteiger partial charge in [-0.25, -0.2) is 0 Å². The molecule has 0 aliphatic carbocycles. The summed E-state index contributed by atoms with van der Waals surface area (Å²) in [6.45, 7) is 1.53. The molecule has 0 spiro atoms. The quantitative estimate of drug-likeness (QED) is 0.310. The van der Waals surface area contributed by atoms with Crippen LogP contribution in [0, 0.1) is 0 Å². The highest BCUT2D eigenvalue weighted by Crippen LogP contribution is 2.29. The third-order valence-corrected chi connectivity index (χ3v) is 3.24. The maximum absolute atomic E-state index is 5.69. The first kappa shape index (κ1) is 12.0. The Hall–Kier alpha value is -1.43. The SMILES string of the molecule is CNN=C(C=C(N)OC)N1C2CC[C@@H]1COC2. The van der Waals surface area contributed by atoms with Gasteiger partial charge in [0.2, 0.25) is 0 Å². The van der Waals surface area contributed by atoms with Gasteiger partial charge in [-0.3, -0.25) is 0 Å². The number of nitrogens with zero attached hydrogens (tertiary/aromatic N) is 2. The van der Waals surface area contributed by atoms with E-state index in [1.54, 1.807) is 20.2 Å². The molecule has 0 amide bonds. The molecule has 2 heterocycles. The van der Waals surface area contributed by atoms with E-state index in [-0.39, 0.29) is 0 Å². The van der Waals surface area contributed by atoms with Crippen LogP contribution in [0.15, 0.2) is 17.1 Å². The Labute approximate surface area is 101 Å². The number of hydrazone groups is 1. The van der Waals surface area contributed by atoms with E-state index in [0.717, 1.165) is 31.9 Å². The molecule has 2 fully saturated rings. The van der Waals surface area contributed by atoms with E-state index in [9.17, 15) is 0 Å². The van der Waals surface area contributed by atoms with Gasteiger partial charge in [0, 0.05) is 13.1 Å². The average molecular weight is 240 g/mol. The second-order valence-corrected chi connectivity index (χ2v) is 4.27. The Kier molecular flexibility index (Phi) is 3.73. The summed E-state index contributed by atoms with van der Waals surface area (Å²) in [5.74, 6) is 1.19. The highest BCUT2D eigenvalue weighted by molar-refractivity contribution is 5.93. The summed E-state index contributed by atoms with van der Waals surface area (Å²) in [5, 5.41) is 4.28. The summed E-state index contributed by atoms with van der Waals surface area (Å²) in [4.78, 5) is 2.28. The molecule has 2 aliphatic rings. The lowest BCUT2D eigenvalue weighted by Crippen LogP contribution is -2.49. The first-order valence-corrected chi connectivity index (χ1v) is 5.88. The van der Waals surface area contributed by atoms with E-state index in [0.29, 0.717) is 18.0 Å². The van der Waals surface area contributed by atoms with Crippen molar-refractivity contribution in [2.75, 3.05) is 27.4 Å². The van der Waals surface area contributed by atoms with Crippen LogP contribution < -0.4 is 11.2 Å². The van der Waals surface area contributed by atoms with E-state index >= 15 is 0 Å². The van der Waals surface area contributed by atoms with Gasteiger partial charge in [0.15, 0.2) is 11.7 Å². The number of methoxy groups -OCH3 is 1. The van der Waals surface area contributed by atoms with Gasteiger partial charge in [0.25, 0.3) is 0 Å². The Morgan fingerprint density at radius 1 is 1.47 bits per heavy atom. The van der Waals surface area contributed by atoms with Gasteiger partial charge in [-0.1, -0.05) is 0 Å². The predicted molar refractivity (Wildman–Crippen MR) is 65.2 cm³/mol. The molecule has 96 valence electrons. The number of rotatable bonds is 3. The van der Waals surface area contributed by atoms with Gasteiger partial charge in [0.05, 0.1) is 32.4 Å². The molecule has 0 aromatic rings. The van der Waals surface area contributed by atoms with Crippen molar-refractivity contribution in [3.8, 4) is 0 Å². The van der Waals surface area contributed by atoms with Crippen LogP contribution in [0.2, 0.25) is 0 Å². The minimum absolute atomic E-state index is 0.366. The van der Waals surface area contributed by atoms with Crippen LogP contribution in [0.4, 0.5) is 0 Å². The van der Waals surface area contributed by atoms with Crippen LogP contribution in [-0.4, -0.2) is 50.2 Å². The van der Waals surface area contributed by atoms with Crippen molar-refractivity contribution in [1.82, 2.24) is 10.3 Å². The van der Waals surface area contributed by atoms with E-state index in [1.807, 2.05) is 0 Å². The van der Waals surface area contributed by atoms with Gasteiger partial charge in [-0.05, 0) is 12.8 Å². The van der Waals surface area contributed by atoms with Gasteiger partial charge in [-0.2, -0.15) is 5.10 Å². The molecule has 2 saturated heterocycles. The Balaban J connectivity index is 2.19. The van der Waals surface area contributed by atoms with Crippen LogP contribution in [-0.2, 0) is 9.47 Å². The molecule has 2 atom stereocenters. The highest BCUT2D eigenvalue weighted by atomic mass is 16.5. The highest BCUT2D eigenvalue weighted by Gasteiger charge is 2.38. The molecule has 6 heteroatoms. The fraction of sp³-hybridized carbons (Fsp3) is 0.727. The van der Waals surface area contributed by atoms with Gasteiger partial charge in [-0.15, -0.1) is 0 Å². The maximum atomic E-state index is 5.69. The summed E-state index contributed by atoms with van der Waals surface area (Å²) in [7, 11) is 3.33. The Morgan fingerprint density at radius 3 is 2.65 bits per heavy atom. The summed E-state index contributed by atoms with van der Waals surface area (Å²) in [5.41, 5.74) is 8.51. The molecule has 2 aliphatic heterocycles. The fourth-order valence-corrected chi connectivity index (χ4v) is 2.47. The zero-order valence-corrected chi connectivity index (χ0v) is 10.3. The number of fused-ring (bicyclic) bond motifs is 2. The van der Waals surface area contributed by atoms with Crippen LogP contribution in [0.1, 0.15) is 12.8 Å². The molecule has 0 radical (unpaired) electrons. The lowest BCUT2D eigenvalue weighted by Gasteiger charge is -2.36. The fourth-order valence-electron chi connectivity index (χ4n) is 2.47. The standard InChI is InChI=1S/C11H20N4O2/c1-13-14-11(5-10(12)16-2)15-8-3-4-9(15)7-17-6-8/h5,8-9,13H,3-4,6-7,12H2,1-2H3/t8-,9?/m1/s1. The van der Waals surface area contributed by atoms with Crippen molar-refractivity contribution in [2.24, 2.45) is 10.8 Å². The summed E-state index contributed by atoms with van der Waals surface area (Å²) in [6.07, 6.45) is 4.05. The van der Waals surface area contributed by atoms with Crippen LogP contribution in [0.25, 0.3) is 0 Å². The number of morpholine rings is 1. The van der Waals surface area contributed by atoms with Crippen molar-refractivity contribution in [3.05, 3.63) is 12.0 Å². The van der Waals surface area contributed by atoms with Crippen molar-refractivity contribution in [3.63, 3.8) is 0 Å². The molecule has 3 N–H and O–H groups in total. The van der Waals surface area contributed by atoms with Crippen molar-refractivity contribution >= 4 is 5.84 Å². The number of ether oxygens (including phenoxy) is 2. The number of nitrogens with one attached hydrogen (secondary N) is 1. The molecular weight excluding hydrogens is 220 g/mol. The van der Waals surface area contributed by atoms with E-state index in [4.69, 9.17) is 15.2 Å². The lowest BCUT2D eigenvalue weighted by molar-refractivity contribution is 0.0206. The monoisotopic (exact) mass is 240 g/mol. The lowest BCUT2D eigenvalue weighted by atomic mass is 10.2. The first-order valence-electron chi connectivity index (χ1n) is 5.88. The van der Waals surface area contributed by atoms with Gasteiger partial charge >= 0.3 is 0 Å². The smallest absolute Gasteiger partial charge is 0.187 e. The zero-order chi connectivity index (χ0) is 12.3. The van der Waals surface area contributed by atoms with Gasteiger partial charge < -0.3 is 25.5 Å². The van der Waals surface area contributed by atoms with Crippen molar-refractivity contribution < 1.29 is 9.47 Å². The third kappa shape index (κ3) is 2.46. The molecular formula is C11H20N4O2. The number of nitrogens with two attached hydrogens (primary N) is 1. The Bertz CT molecular complexity index is 313. The summed E-state index contributed by atoms with van der Waals surface area (Å²) in [6, 6.07) is 0.809. The molecule has 6 nitrogen and oxygen atoms in total. The number of hydrogen-bond donors (Lipinski definition) is 2. The number of hydrogen-bond acceptors (Lipinski definition) is 5. The maximum Gasteiger partial charge on any atom is 0.187 e. The van der Waals surface area contributed by atoms with Crippen LogP contribution in [0.5, 0.6) is 0 Å². The minimum atomic E-state index is 0.366. The topological polar surface area (TPSA) is 72.1 Å². The predicted octanol–water partition coefficient (Wildman–Crippen LogP) is -0.171. The molecule has 0 aromatic carbocycles. The molecule has 1 unspecified atom stereocenters. The van der Waals surface area contributed by atoms with Crippen molar-refractivity contribution in [1.29, 1.82) is 0 Å². The molecule has 0 saturated carbocycles. The van der Waals surface area contributed by atoms with E-state index in [1.165, 1.54) is 0 Å². The molecule has 0 aromatic heterocycles. The summed E-state index contributed by atoms with van der Waals surface area (Å²) >= 11 is 0. The molecule has 2 rings (SSSR count). The number of amidine groups is 1.